The molecule has 0 fully saturated rings. The highest BCUT2D eigenvalue weighted by Gasteiger charge is 2.18. The van der Waals surface area contributed by atoms with E-state index in [0.29, 0.717) is 10.7 Å². The van der Waals surface area contributed by atoms with Gasteiger partial charge in [-0.3, -0.25) is 4.79 Å². The highest BCUT2D eigenvalue weighted by atomic mass is 35.5. The number of rotatable bonds is 6. The quantitative estimate of drug-likeness (QED) is 0.585. The lowest BCUT2D eigenvalue weighted by molar-refractivity contribution is -0.115. The molecule has 0 atom stereocenters. The van der Waals surface area contributed by atoms with Crippen molar-refractivity contribution in [3.63, 3.8) is 0 Å². The maximum atomic E-state index is 13.7. The zero-order valence-corrected chi connectivity index (χ0v) is 16.4. The molecule has 1 aromatic heterocycles. The monoisotopic (exact) mass is 418 g/mol. The first-order valence-electron chi connectivity index (χ1n) is 8.34. The van der Waals surface area contributed by atoms with Gasteiger partial charge >= 0.3 is 5.97 Å². The predicted octanol–water partition coefficient (Wildman–Crippen LogP) is 4.78. The second-order valence-corrected chi connectivity index (χ2v) is 7.30. The van der Waals surface area contributed by atoms with Crippen LogP contribution in [-0.4, -0.2) is 16.9 Å². The van der Waals surface area contributed by atoms with Crippen LogP contribution < -0.4 is 5.32 Å². The molecule has 0 aliphatic carbocycles. The molecule has 3 rings (SSSR count). The van der Waals surface area contributed by atoms with Crippen LogP contribution in [0.15, 0.2) is 47.8 Å². The van der Waals surface area contributed by atoms with Gasteiger partial charge in [-0.2, -0.15) is 0 Å². The van der Waals surface area contributed by atoms with E-state index in [1.54, 1.807) is 5.38 Å². The van der Waals surface area contributed by atoms with E-state index in [2.05, 4.69) is 10.3 Å². The van der Waals surface area contributed by atoms with Gasteiger partial charge < -0.3 is 10.1 Å². The minimum absolute atomic E-state index is 0.0168. The lowest BCUT2D eigenvalue weighted by atomic mass is 10.2. The summed E-state index contributed by atoms with van der Waals surface area (Å²) in [6, 6.07) is 11.4. The van der Waals surface area contributed by atoms with Crippen molar-refractivity contribution in [2.24, 2.45) is 0 Å². The number of nitrogens with zero attached hydrogens (tertiary/aromatic N) is 1. The van der Waals surface area contributed by atoms with Crippen LogP contribution in [0.25, 0.3) is 0 Å². The summed E-state index contributed by atoms with van der Waals surface area (Å²) >= 11 is 7.13. The van der Waals surface area contributed by atoms with Crippen molar-refractivity contribution in [3.8, 4) is 0 Å². The Hall–Kier alpha value is -2.77. The maximum absolute atomic E-state index is 13.7. The van der Waals surface area contributed by atoms with Crippen molar-refractivity contribution in [1.29, 1.82) is 0 Å². The molecule has 0 radical (unpaired) electrons. The molecule has 2 aromatic carbocycles. The van der Waals surface area contributed by atoms with Gasteiger partial charge in [0.25, 0.3) is 0 Å². The fourth-order valence-corrected chi connectivity index (χ4v) is 3.46. The lowest BCUT2D eigenvalue weighted by Crippen LogP contribution is -2.15. The van der Waals surface area contributed by atoms with Crippen molar-refractivity contribution < 1.29 is 18.7 Å². The minimum atomic E-state index is -0.866. The number of nitrogens with one attached hydrogen (secondary N) is 1. The first-order valence-corrected chi connectivity index (χ1v) is 9.59. The third-order valence-electron chi connectivity index (χ3n) is 3.85. The molecular weight excluding hydrogens is 403 g/mol. The molecule has 0 aliphatic rings. The first kappa shape index (κ1) is 20.0. The number of carbonyl (C=O) groups excluding carboxylic acids is 2. The molecule has 3 aromatic rings. The lowest BCUT2D eigenvalue weighted by Gasteiger charge is -2.07. The predicted molar refractivity (Wildman–Crippen MR) is 106 cm³/mol. The second-order valence-electron chi connectivity index (χ2n) is 5.95. The SMILES string of the molecule is Cc1ccccc1NC(=O)Cc1nc(COC(=O)c2c(F)cccc2Cl)cs1. The number of carbonyl (C=O) groups is 2. The number of anilines is 1. The number of hydrogen-bond acceptors (Lipinski definition) is 5. The summed E-state index contributed by atoms with van der Waals surface area (Å²) in [6.45, 7) is 1.77. The van der Waals surface area contributed by atoms with Gasteiger partial charge in [0, 0.05) is 11.1 Å². The molecule has 0 bridgehead atoms. The molecule has 0 spiro atoms. The van der Waals surface area contributed by atoms with Crippen molar-refractivity contribution in [1.82, 2.24) is 4.98 Å². The molecule has 28 heavy (non-hydrogen) atoms. The fourth-order valence-electron chi connectivity index (χ4n) is 2.45. The summed E-state index contributed by atoms with van der Waals surface area (Å²) in [6.07, 6.45) is 0.103. The van der Waals surface area contributed by atoms with Crippen LogP contribution in [0.5, 0.6) is 0 Å². The number of halogens is 2. The third kappa shape index (κ3) is 4.94. The molecular formula is C20H16ClFN2O3S. The van der Waals surface area contributed by atoms with E-state index in [1.807, 2.05) is 31.2 Å². The average molecular weight is 419 g/mol. The van der Waals surface area contributed by atoms with Gasteiger partial charge in [0.1, 0.15) is 23.0 Å². The van der Waals surface area contributed by atoms with Crippen LogP contribution in [0.2, 0.25) is 5.02 Å². The summed E-state index contributed by atoms with van der Waals surface area (Å²) in [7, 11) is 0. The minimum Gasteiger partial charge on any atom is -0.455 e. The Morgan fingerprint density at radius 2 is 2.00 bits per heavy atom. The van der Waals surface area contributed by atoms with Gasteiger partial charge in [-0.25, -0.2) is 14.2 Å². The molecule has 0 saturated carbocycles. The maximum Gasteiger partial charge on any atom is 0.343 e. The van der Waals surface area contributed by atoms with E-state index >= 15 is 0 Å². The molecule has 0 unspecified atom stereocenters. The van der Waals surface area contributed by atoms with E-state index in [9.17, 15) is 14.0 Å². The number of aryl methyl sites for hydroxylation is 1. The van der Waals surface area contributed by atoms with Gasteiger partial charge in [0.05, 0.1) is 17.1 Å². The van der Waals surface area contributed by atoms with Gasteiger partial charge in [-0.1, -0.05) is 35.9 Å². The molecule has 1 heterocycles. The number of amides is 1. The number of benzene rings is 2. The Morgan fingerprint density at radius 1 is 1.21 bits per heavy atom. The Labute approximate surface area is 170 Å². The van der Waals surface area contributed by atoms with Crippen LogP contribution >= 0.6 is 22.9 Å². The van der Waals surface area contributed by atoms with Crippen molar-refractivity contribution in [2.45, 2.75) is 20.0 Å². The summed E-state index contributed by atoms with van der Waals surface area (Å²) in [5, 5.41) is 5.09. The smallest absolute Gasteiger partial charge is 0.343 e. The molecule has 1 N–H and O–H groups in total. The van der Waals surface area contributed by atoms with Crippen LogP contribution in [0.3, 0.4) is 0 Å². The first-order chi connectivity index (χ1) is 13.4. The van der Waals surface area contributed by atoms with Gasteiger partial charge in [-0.15, -0.1) is 11.3 Å². The number of esters is 1. The molecule has 8 heteroatoms. The Morgan fingerprint density at radius 3 is 2.75 bits per heavy atom. The third-order valence-corrected chi connectivity index (χ3v) is 5.06. The van der Waals surface area contributed by atoms with Crippen molar-refractivity contribution in [2.75, 3.05) is 5.32 Å². The van der Waals surface area contributed by atoms with E-state index in [4.69, 9.17) is 16.3 Å². The summed E-state index contributed by atoms with van der Waals surface area (Å²) in [5.41, 5.74) is 1.89. The van der Waals surface area contributed by atoms with Crippen molar-refractivity contribution in [3.05, 3.63) is 80.5 Å². The molecule has 5 nitrogen and oxygen atoms in total. The van der Waals surface area contributed by atoms with Gasteiger partial charge in [-0.05, 0) is 30.7 Å². The zero-order valence-electron chi connectivity index (χ0n) is 14.9. The topological polar surface area (TPSA) is 68.3 Å². The van der Waals surface area contributed by atoms with Crippen LogP contribution in [0.1, 0.15) is 26.6 Å². The van der Waals surface area contributed by atoms with Gasteiger partial charge in [0.15, 0.2) is 0 Å². The average Bonchev–Trinajstić information content (AvgIpc) is 3.09. The normalized spacial score (nSPS) is 10.5. The van der Waals surface area contributed by atoms with Crippen LogP contribution in [-0.2, 0) is 22.6 Å². The molecule has 1 amide bonds. The summed E-state index contributed by atoms with van der Waals surface area (Å²) < 4.78 is 18.8. The highest BCUT2D eigenvalue weighted by Crippen LogP contribution is 2.21. The zero-order chi connectivity index (χ0) is 20.1. The Bertz CT molecular complexity index is 1000. The van der Waals surface area contributed by atoms with Crippen LogP contribution in [0.4, 0.5) is 10.1 Å². The van der Waals surface area contributed by atoms with Crippen LogP contribution in [0, 0.1) is 12.7 Å². The standard InChI is InChI=1S/C20H16ClFN2O3S/c1-12-5-2-3-8-16(12)24-17(25)9-18-23-13(11-28-18)10-27-20(26)19-14(21)6-4-7-15(19)22/h2-8,11H,9-10H2,1H3,(H,24,25). The number of ether oxygens (including phenoxy) is 1. The molecule has 0 aliphatic heterocycles. The summed E-state index contributed by atoms with van der Waals surface area (Å²) in [4.78, 5) is 28.5. The fraction of sp³-hybridized carbons (Fsp3) is 0.150. The molecule has 144 valence electrons. The summed E-state index contributed by atoms with van der Waals surface area (Å²) in [5.74, 6) is -1.80. The highest BCUT2D eigenvalue weighted by molar-refractivity contribution is 7.09. The van der Waals surface area contributed by atoms with Crippen molar-refractivity contribution >= 4 is 40.5 Å². The largest absolute Gasteiger partial charge is 0.455 e. The Balaban J connectivity index is 1.56. The van der Waals surface area contributed by atoms with E-state index < -0.39 is 11.8 Å². The van der Waals surface area contributed by atoms with E-state index in [0.717, 1.165) is 17.3 Å². The second kappa shape index (κ2) is 8.95. The number of para-hydroxylation sites is 1. The number of aromatic nitrogens is 1. The Kier molecular flexibility index (Phi) is 6.38. The van der Waals surface area contributed by atoms with E-state index in [-0.39, 0.29) is 29.5 Å². The van der Waals surface area contributed by atoms with Gasteiger partial charge in [0.2, 0.25) is 5.91 Å². The van der Waals surface area contributed by atoms with E-state index in [1.165, 1.54) is 23.5 Å². The number of thiazole rings is 1. The molecule has 0 saturated heterocycles. The number of hydrogen-bond donors (Lipinski definition) is 1.